The number of allylic oxidation sites excluding steroid dienone is 4. The number of aliphatic hydroxyl groups excluding tert-OH is 1. The quantitative estimate of drug-likeness (QED) is 0.0488. The molecule has 0 bridgehead atoms. The van der Waals surface area contributed by atoms with Crippen LogP contribution in [0, 0.1) is 0 Å². The molecule has 0 aliphatic carbocycles. The summed E-state index contributed by atoms with van der Waals surface area (Å²) in [5.74, 6) is 0. The van der Waals surface area contributed by atoms with Crippen molar-refractivity contribution in [1.29, 1.82) is 0 Å². The van der Waals surface area contributed by atoms with Gasteiger partial charge in [-0.2, -0.15) is 0 Å². The van der Waals surface area contributed by atoms with Crippen molar-refractivity contribution in [3.63, 3.8) is 0 Å². The molecule has 0 aromatic rings. The molecule has 0 rings (SSSR count). The fourth-order valence-electron chi connectivity index (χ4n) is 6.35. The molecule has 1 atom stereocenters. The van der Waals surface area contributed by atoms with Crippen molar-refractivity contribution in [3.8, 4) is 0 Å². The summed E-state index contributed by atoms with van der Waals surface area (Å²) in [5, 5.41) is 8.72. The highest BCUT2D eigenvalue weighted by Gasteiger charge is 2.10. The summed E-state index contributed by atoms with van der Waals surface area (Å²) in [5.41, 5.74) is 0. The molecule has 1 N–H and O–H groups in total. The molecule has 1 unspecified atom stereocenters. The molecule has 54 heavy (non-hydrogen) atoms. The van der Waals surface area contributed by atoms with Crippen molar-refractivity contribution >= 4 is 0 Å². The van der Waals surface area contributed by atoms with Gasteiger partial charge in [0.15, 0.2) is 0 Å². The SMILES string of the molecule is CCCCCCCC/C=C\CCCCCCCCOCC(COCCOCCOCCOCCO)OCCCCCCCC/C=C\CCCCCCCC. The number of hydrogen-bond acceptors (Lipinski definition) is 7. The molecule has 0 spiro atoms. The Labute approximate surface area is 336 Å². The van der Waals surface area contributed by atoms with Crippen LogP contribution in [0.5, 0.6) is 0 Å². The topological polar surface area (TPSA) is 75.6 Å². The fourth-order valence-corrected chi connectivity index (χ4v) is 6.35. The van der Waals surface area contributed by atoms with E-state index in [0.717, 1.165) is 26.1 Å². The maximum atomic E-state index is 8.72. The number of aliphatic hydroxyl groups is 1. The lowest BCUT2D eigenvalue weighted by Crippen LogP contribution is -2.27. The van der Waals surface area contributed by atoms with Crippen LogP contribution < -0.4 is 0 Å². The van der Waals surface area contributed by atoms with Crippen molar-refractivity contribution in [3.05, 3.63) is 24.3 Å². The van der Waals surface area contributed by atoms with Crippen LogP contribution in [0.15, 0.2) is 24.3 Å². The van der Waals surface area contributed by atoms with Gasteiger partial charge in [0.05, 0.1) is 66.1 Å². The molecule has 322 valence electrons. The number of ether oxygens (including phenoxy) is 6. The Morgan fingerprint density at radius 2 is 0.648 bits per heavy atom. The second-order valence-corrected chi connectivity index (χ2v) is 15.1. The maximum Gasteiger partial charge on any atom is 0.104 e. The van der Waals surface area contributed by atoms with Crippen LogP contribution in [0.2, 0.25) is 0 Å². The molecular formula is C47H92O7. The minimum atomic E-state index is -0.0375. The number of hydrogen-bond donors (Lipinski definition) is 1. The van der Waals surface area contributed by atoms with Gasteiger partial charge in [0.1, 0.15) is 6.10 Å². The second-order valence-electron chi connectivity index (χ2n) is 15.1. The predicted octanol–water partition coefficient (Wildman–Crippen LogP) is 12.5. The van der Waals surface area contributed by atoms with Crippen molar-refractivity contribution in [1.82, 2.24) is 0 Å². The Morgan fingerprint density at radius 3 is 1.06 bits per heavy atom. The summed E-state index contributed by atoms with van der Waals surface area (Å²) < 4.78 is 34.5. The van der Waals surface area contributed by atoms with Crippen molar-refractivity contribution in [2.45, 2.75) is 200 Å². The summed E-state index contributed by atoms with van der Waals surface area (Å²) in [6.45, 7) is 10.7. The van der Waals surface area contributed by atoms with E-state index in [0.29, 0.717) is 59.5 Å². The summed E-state index contributed by atoms with van der Waals surface area (Å²) in [7, 11) is 0. The summed E-state index contributed by atoms with van der Waals surface area (Å²) >= 11 is 0. The molecule has 0 saturated heterocycles. The minimum absolute atomic E-state index is 0.0375. The van der Waals surface area contributed by atoms with E-state index >= 15 is 0 Å². The van der Waals surface area contributed by atoms with Gasteiger partial charge in [-0.1, -0.05) is 154 Å². The van der Waals surface area contributed by atoms with Crippen LogP contribution in [-0.4, -0.2) is 90.5 Å². The van der Waals surface area contributed by atoms with Crippen LogP contribution in [0.4, 0.5) is 0 Å². The third kappa shape index (κ3) is 47.4. The highest BCUT2D eigenvalue weighted by molar-refractivity contribution is 4.82. The van der Waals surface area contributed by atoms with Crippen LogP contribution >= 0.6 is 0 Å². The van der Waals surface area contributed by atoms with E-state index in [1.807, 2.05) is 0 Å². The molecular weight excluding hydrogens is 677 g/mol. The van der Waals surface area contributed by atoms with Gasteiger partial charge in [-0.3, -0.25) is 0 Å². The van der Waals surface area contributed by atoms with Gasteiger partial charge in [0.25, 0.3) is 0 Å². The number of rotatable bonds is 48. The van der Waals surface area contributed by atoms with Gasteiger partial charge < -0.3 is 33.5 Å². The first-order valence-electron chi connectivity index (χ1n) is 23.3. The van der Waals surface area contributed by atoms with E-state index in [2.05, 4.69) is 38.2 Å². The van der Waals surface area contributed by atoms with Crippen molar-refractivity contribution in [2.75, 3.05) is 79.3 Å². The lowest BCUT2D eigenvalue weighted by atomic mass is 10.1. The van der Waals surface area contributed by atoms with Gasteiger partial charge in [0, 0.05) is 13.2 Å². The molecule has 0 aliphatic heterocycles. The smallest absolute Gasteiger partial charge is 0.104 e. The Kier molecular flexibility index (Phi) is 49.5. The average Bonchev–Trinajstić information content (AvgIpc) is 3.18. The van der Waals surface area contributed by atoms with Crippen LogP contribution in [0.3, 0.4) is 0 Å². The van der Waals surface area contributed by atoms with E-state index in [4.69, 9.17) is 33.5 Å². The molecule has 0 saturated carbocycles. The van der Waals surface area contributed by atoms with E-state index in [1.54, 1.807) is 0 Å². The van der Waals surface area contributed by atoms with E-state index in [1.165, 1.54) is 167 Å². The predicted molar refractivity (Wildman–Crippen MR) is 230 cm³/mol. The monoisotopic (exact) mass is 769 g/mol. The summed E-state index contributed by atoms with van der Waals surface area (Å²) in [6.07, 6.45) is 46.4. The maximum absolute atomic E-state index is 8.72. The van der Waals surface area contributed by atoms with Gasteiger partial charge in [-0.05, 0) is 64.2 Å². The molecule has 0 fully saturated rings. The molecule has 0 aromatic carbocycles. The summed E-state index contributed by atoms with van der Waals surface area (Å²) in [6, 6.07) is 0. The summed E-state index contributed by atoms with van der Waals surface area (Å²) in [4.78, 5) is 0. The molecule has 0 aromatic heterocycles. The van der Waals surface area contributed by atoms with Crippen LogP contribution in [0.25, 0.3) is 0 Å². The molecule has 0 heterocycles. The Balaban J connectivity index is 3.97. The van der Waals surface area contributed by atoms with Crippen LogP contribution in [0.1, 0.15) is 194 Å². The average molecular weight is 769 g/mol. The zero-order valence-electron chi connectivity index (χ0n) is 36.1. The normalized spacial score (nSPS) is 12.6. The molecule has 0 amide bonds. The zero-order valence-corrected chi connectivity index (χ0v) is 36.1. The van der Waals surface area contributed by atoms with Gasteiger partial charge in [-0.15, -0.1) is 0 Å². The highest BCUT2D eigenvalue weighted by Crippen LogP contribution is 2.12. The molecule has 7 nitrogen and oxygen atoms in total. The second kappa shape index (κ2) is 50.2. The van der Waals surface area contributed by atoms with Gasteiger partial charge >= 0.3 is 0 Å². The standard InChI is InChI=1S/C47H92O7/c1-3-5-7-9-11-13-15-17-19-21-23-25-27-29-31-33-36-52-45-47(46-53-44-43-51-42-41-50-40-39-49-38-35-48)54-37-34-32-30-28-26-24-22-20-18-16-14-12-10-8-6-4-2/h17-20,47-48H,3-16,21-46H2,1-2H3/b19-17-,20-18-. The van der Waals surface area contributed by atoms with Crippen molar-refractivity contribution < 1.29 is 33.5 Å². The first-order valence-corrected chi connectivity index (χ1v) is 23.3. The lowest BCUT2D eigenvalue weighted by molar-refractivity contribution is -0.0701. The third-order valence-corrected chi connectivity index (χ3v) is 9.77. The van der Waals surface area contributed by atoms with E-state index < -0.39 is 0 Å². The first-order chi connectivity index (χ1) is 26.8. The largest absolute Gasteiger partial charge is 0.394 e. The van der Waals surface area contributed by atoms with Crippen LogP contribution in [-0.2, 0) is 28.4 Å². The Morgan fingerprint density at radius 1 is 0.333 bits per heavy atom. The number of unbranched alkanes of at least 4 members (excludes halogenated alkanes) is 24. The Hall–Kier alpha value is -0.800. The molecule has 7 heteroatoms. The third-order valence-electron chi connectivity index (χ3n) is 9.77. The molecule has 0 radical (unpaired) electrons. The molecule has 0 aliphatic rings. The van der Waals surface area contributed by atoms with E-state index in [-0.39, 0.29) is 12.7 Å². The fraction of sp³-hybridized carbons (Fsp3) is 0.915. The Bertz CT molecular complexity index is 716. The highest BCUT2D eigenvalue weighted by atomic mass is 16.6. The van der Waals surface area contributed by atoms with Gasteiger partial charge in [0.2, 0.25) is 0 Å². The van der Waals surface area contributed by atoms with Gasteiger partial charge in [-0.25, -0.2) is 0 Å². The lowest BCUT2D eigenvalue weighted by Gasteiger charge is -2.18. The van der Waals surface area contributed by atoms with Crippen molar-refractivity contribution in [2.24, 2.45) is 0 Å². The zero-order chi connectivity index (χ0) is 38.9. The first kappa shape index (κ1) is 53.2. The minimum Gasteiger partial charge on any atom is -0.394 e. The van der Waals surface area contributed by atoms with E-state index in [9.17, 15) is 0 Å².